The quantitative estimate of drug-likeness (QED) is 0.346. The Kier molecular flexibility index (Phi) is 6.96. The van der Waals surface area contributed by atoms with E-state index in [1.54, 1.807) is 5.32 Å². The molecule has 11 heteroatoms. The summed E-state index contributed by atoms with van der Waals surface area (Å²) in [6.07, 6.45) is -4.97. The van der Waals surface area contributed by atoms with E-state index in [4.69, 9.17) is 11.6 Å². The van der Waals surface area contributed by atoms with Gasteiger partial charge in [0.2, 0.25) is 5.91 Å². The standard InChI is InChI=1S/C13H13ClF3N3O4/c14-8-11(21)19(6-2-5-18-12(22)13(15,16)17)9-3-1-4-10(7-9)20(23)24/h1,3-4,7H,2,5-6,8H2,(H,18,22). The van der Waals surface area contributed by atoms with Crippen LogP contribution in [0.5, 0.6) is 0 Å². The molecule has 0 aliphatic heterocycles. The number of non-ortho nitro benzene ring substituents is 1. The van der Waals surface area contributed by atoms with E-state index in [-0.39, 0.29) is 30.9 Å². The molecular weight excluding hydrogens is 355 g/mol. The first-order valence-corrected chi connectivity index (χ1v) is 7.16. The van der Waals surface area contributed by atoms with Crippen molar-refractivity contribution < 1.29 is 27.7 Å². The van der Waals surface area contributed by atoms with Crippen LogP contribution in [0.15, 0.2) is 24.3 Å². The van der Waals surface area contributed by atoms with Gasteiger partial charge in [0, 0.05) is 25.2 Å². The third-order valence-corrected chi connectivity index (χ3v) is 3.10. The largest absolute Gasteiger partial charge is 0.471 e. The minimum atomic E-state index is -4.98. The summed E-state index contributed by atoms with van der Waals surface area (Å²) in [4.78, 5) is 33.7. The maximum Gasteiger partial charge on any atom is 0.471 e. The molecular formula is C13H13ClF3N3O4. The Hall–Kier alpha value is -2.36. The number of hydrogen-bond donors (Lipinski definition) is 1. The molecule has 1 rings (SSSR count). The van der Waals surface area contributed by atoms with Gasteiger partial charge in [0.1, 0.15) is 5.88 Å². The molecule has 1 N–H and O–H groups in total. The highest BCUT2D eigenvalue weighted by Gasteiger charge is 2.38. The number of carbonyl (C=O) groups is 2. The van der Waals surface area contributed by atoms with Crippen LogP contribution in [0.25, 0.3) is 0 Å². The Labute approximate surface area is 139 Å². The number of nitrogens with one attached hydrogen (secondary N) is 1. The molecule has 0 aliphatic carbocycles. The molecule has 1 aromatic rings. The first-order valence-electron chi connectivity index (χ1n) is 6.62. The molecule has 0 saturated carbocycles. The minimum Gasteiger partial charge on any atom is -0.348 e. The Morgan fingerprint density at radius 3 is 2.54 bits per heavy atom. The van der Waals surface area contributed by atoms with Crippen molar-refractivity contribution in [1.82, 2.24) is 5.32 Å². The molecule has 0 aliphatic rings. The second-order valence-electron chi connectivity index (χ2n) is 4.56. The molecule has 0 saturated heterocycles. The molecule has 0 spiro atoms. The second kappa shape index (κ2) is 8.48. The number of nitro groups is 1. The fourth-order valence-electron chi connectivity index (χ4n) is 1.78. The van der Waals surface area contributed by atoms with E-state index in [1.165, 1.54) is 18.2 Å². The van der Waals surface area contributed by atoms with Crippen LogP contribution in [0, 0.1) is 10.1 Å². The van der Waals surface area contributed by atoms with Gasteiger partial charge in [0.15, 0.2) is 0 Å². The summed E-state index contributed by atoms with van der Waals surface area (Å²) < 4.78 is 36.1. The van der Waals surface area contributed by atoms with Crippen molar-refractivity contribution in [3.05, 3.63) is 34.4 Å². The summed E-state index contributed by atoms with van der Waals surface area (Å²) in [5.41, 5.74) is -0.0535. The van der Waals surface area contributed by atoms with E-state index < -0.39 is 28.8 Å². The average molecular weight is 368 g/mol. The van der Waals surface area contributed by atoms with Crippen molar-refractivity contribution in [3.8, 4) is 0 Å². The van der Waals surface area contributed by atoms with E-state index in [0.29, 0.717) is 0 Å². The van der Waals surface area contributed by atoms with Crippen LogP contribution in [0.2, 0.25) is 0 Å². The number of carbonyl (C=O) groups excluding carboxylic acids is 2. The molecule has 0 bridgehead atoms. The number of halogens is 4. The maximum atomic E-state index is 12.0. The summed E-state index contributed by atoms with van der Waals surface area (Å²) >= 11 is 5.48. The maximum absolute atomic E-state index is 12.0. The monoisotopic (exact) mass is 367 g/mol. The highest BCUT2D eigenvalue weighted by atomic mass is 35.5. The highest BCUT2D eigenvalue weighted by molar-refractivity contribution is 6.29. The van der Waals surface area contributed by atoms with E-state index in [2.05, 4.69) is 0 Å². The SMILES string of the molecule is O=C(CCl)N(CCCNC(=O)C(F)(F)F)c1cccc([N+](=O)[O-])c1. The number of nitrogens with zero attached hydrogens (tertiary/aromatic N) is 2. The zero-order valence-corrected chi connectivity index (χ0v) is 12.9. The summed E-state index contributed by atoms with van der Waals surface area (Å²) in [5.74, 6) is -3.05. The van der Waals surface area contributed by atoms with Crippen LogP contribution >= 0.6 is 11.6 Å². The first-order chi connectivity index (χ1) is 11.2. The van der Waals surface area contributed by atoms with E-state index in [9.17, 15) is 32.9 Å². The lowest BCUT2D eigenvalue weighted by Crippen LogP contribution is -2.39. The normalized spacial score (nSPS) is 11.0. The lowest BCUT2D eigenvalue weighted by atomic mass is 10.2. The van der Waals surface area contributed by atoms with Gasteiger partial charge < -0.3 is 10.2 Å². The van der Waals surface area contributed by atoms with Gasteiger partial charge in [-0.2, -0.15) is 13.2 Å². The van der Waals surface area contributed by atoms with Crippen molar-refractivity contribution in [2.45, 2.75) is 12.6 Å². The predicted molar refractivity (Wildman–Crippen MR) is 79.9 cm³/mol. The third-order valence-electron chi connectivity index (χ3n) is 2.87. The summed E-state index contributed by atoms with van der Waals surface area (Å²) in [6.45, 7) is -0.385. The molecule has 24 heavy (non-hydrogen) atoms. The average Bonchev–Trinajstić information content (AvgIpc) is 2.53. The van der Waals surface area contributed by atoms with Crippen molar-refractivity contribution >= 4 is 34.8 Å². The van der Waals surface area contributed by atoms with E-state index in [1.807, 2.05) is 0 Å². The van der Waals surface area contributed by atoms with Gasteiger partial charge in [0.25, 0.3) is 5.69 Å². The van der Waals surface area contributed by atoms with Crippen LogP contribution in [-0.4, -0.2) is 41.9 Å². The number of hydrogen-bond acceptors (Lipinski definition) is 4. The van der Waals surface area contributed by atoms with Crippen LogP contribution in [0.1, 0.15) is 6.42 Å². The van der Waals surface area contributed by atoms with Crippen molar-refractivity contribution in [2.24, 2.45) is 0 Å². The first kappa shape index (κ1) is 19.7. The number of alkyl halides is 4. The smallest absolute Gasteiger partial charge is 0.348 e. The van der Waals surface area contributed by atoms with Crippen LogP contribution < -0.4 is 10.2 Å². The summed E-state index contributed by atoms with van der Waals surface area (Å²) in [6, 6.07) is 5.19. The molecule has 1 aromatic carbocycles. The van der Waals surface area contributed by atoms with Gasteiger partial charge in [-0.05, 0) is 12.5 Å². The van der Waals surface area contributed by atoms with Gasteiger partial charge in [-0.25, -0.2) is 0 Å². The van der Waals surface area contributed by atoms with Crippen LogP contribution in [0.4, 0.5) is 24.5 Å². The molecule has 2 amide bonds. The zero-order valence-electron chi connectivity index (χ0n) is 12.2. The number of anilines is 1. The van der Waals surface area contributed by atoms with Gasteiger partial charge >= 0.3 is 12.1 Å². The van der Waals surface area contributed by atoms with Crippen LogP contribution in [0.3, 0.4) is 0 Å². The van der Waals surface area contributed by atoms with Crippen molar-refractivity contribution in [3.63, 3.8) is 0 Å². The molecule has 0 atom stereocenters. The Morgan fingerprint density at radius 1 is 1.33 bits per heavy atom. The molecule has 0 radical (unpaired) electrons. The minimum absolute atomic E-state index is 0.00708. The topological polar surface area (TPSA) is 92.6 Å². The number of nitro benzene ring substituents is 1. The third kappa shape index (κ3) is 5.69. The van der Waals surface area contributed by atoms with Crippen molar-refractivity contribution in [2.75, 3.05) is 23.9 Å². The lowest BCUT2D eigenvalue weighted by Gasteiger charge is -2.22. The van der Waals surface area contributed by atoms with E-state index in [0.717, 1.165) is 11.0 Å². The zero-order chi connectivity index (χ0) is 18.3. The van der Waals surface area contributed by atoms with Gasteiger partial charge in [-0.3, -0.25) is 19.7 Å². The predicted octanol–water partition coefficient (Wildman–Crippen LogP) is 2.24. The van der Waals surface area contributed by atoms with Crippen LogP contribution in [-0.2, 0) is 9.59 Å². The molecule has 0 heterocycles. The highest BCUT2D eigenvalue weighted by Crippen LogP contribution is 2.22. The van der Waals surface area contributed by atoms with E-state index >= 15 is 0 Å². The number of rotatable bonds is 7. The Bertz CT molecular complexity index is 625. The summed E-state index contributed by atoms with van der Waals surface area (Å²) in [7, 11) is 0. The molecule has 132 valence electrons. The summed E-state index contributed by atoms with van der Waals surface area (Å²) in [5, 5.41) is 12.4. The van der Waals surface area contributed by atoms with Crippen molar-refractivity contribution in [1.29, 1.82) is 0 Å². The second-order valence-corrected chi connectivity index (χ2v) is 4.83. The number of amides is 2. The molecule has 0 aromatic heterocycles. The fourth-order valence-corrected chi connectivity index (χ4v) is 1.93. The van der Waals surface area contributed by atoms with Gasteiger partial charge in [-0.1, -0.05) is 6.07 Å². The molecule has 7 nitrogen and oxygen atoms in total. The lowest BCUT2D eigenvalue weighted by molar-refractivity contribution is -0.384. The molecule has 0 fully saturated rings. The van der Waals surface area contributed by atoms with Gasteiger partial charge in [-0.15, -0.1) is 11.6 Å². The Morgan fingerprint density at radius 2 is 2.00 bits per heavy atom. The Balaban J connectivity index is 2.74. The fraction of sp³-hybridized carbons (Fsp3) is 0.385. The van der Waals surface area contributed by atoms with Gasteiger partial charge in [0.05, 0.1) is 10.6 Å². The molecule has 0 unspecified atom stereocenters. The number of benzene rings is 1.